The van der Waals surface area contributed by atoms with E-state index in [0.29, 0.717) is 0 Å². The predicted octanol–water partition coefficient (Wildman–Crippen LogP) is 0.846. The number of amides is 1. The van der Waals surface area contributed by atoms with Gasteiger partial charge in [-0.15, -0.1) is 5.48 Å². The Morgan fingerprint density at radius 1 is 1.17 bits per heavy atom. The molecular weight excluding hydrogens is 242 g/mol. The maximum Gasteiger partial charge on any atom is 0.441 e. The van der Waals surface area contributed by atoms with Crippen LogP contribution in [0.15, 0.2) is 30.3 Å². The van der Waals surface area contributed by atoms with Gasteiger partial charge in [0.2, 0.25) is 0 Å². The number of carboxylic acids is 1. The number of hydrogen-bond donors (Lipinski definition) is 2. The Labute approximate surface area is 102 Å². The largest absolute Gasteiger partial charge is 0.481 e. The average Bonchev–Trinajstić information content (AvgIpc) is 2.34. The second-order valence-corrected chi connectivity index (χ2v) is 3.21. The zero-order valence-corrected chi connectivity index (χ0v) is 9.29. The quantitative estimate of drug-likeness (QED) is 0.609. The number of nitrogens with one attached hydrogen (secondary N) is 1. The summed E-state index contributed by atoms with van der Waals surface area (Å²) in [5.74, 6) is -2.43. The van der Waals surface area contributed by atoms with Gasteiger partial charge in [-0.2, -0.15) is 0 Å². The molecule has 0 bridgehead atoms. The second-order valence-electron chi connectivity index (χ2n) is 3.21. The summed E-state index contributed by atoms with van der Waals surface area (Å²) in [5, 5.41) is 8.26. The van der Waals surface area contributed by atoms with Crippen LogP contribution in [0.3, 0.4) is 0 Å². The van der Waals surface area contributed by atoms with Gasteiger partial charge in [0.25, 0.3) is 0 Å². The molecule has 0 saturated heterocycles. The lowest BCUT2D eigenvalue weighted by molar-refractivity contribution is -0.155. The highest BCUT2D eigenvalue weighted by atomic mass is 16.7. The van der Waals surface area contributed by atoms with Crippen molar-refractivity contribution in [3.05, 3.63) is 35.9 Å². The molecule has 2 N–H and O–H groups in total. The molecule has 0 aliphatic rings. The van der Waals surface area contributed by atoms with Crippen LogP contribution in [0.2, 0.25) is 0 Å². The number of carbonyl (C=O) groups is 3. The lowest BCUT2D eigenvalue weighted by atomic mass is 10.2. The van der Waals surface area contributed by atoms with E-state index in [0.717, 1.165) is 5.56 Å². The summed E-state index contributed by atoms with van der Waals surface area (Å²) < 4.78 is 4.71. The van der Waals surface area contributed by atoms with Crippen LogP contribution < -0.4 is 5.48 Å². The van der Waals surface area contributed by atoms with Crippen molar-refractivity contribution in [3.8, 4) is 0 Å². The van der Waals surface area contributed by atoms with E-state index < -0.39 is 24.5 Å². The number of ether oxygens (including phenoxy) is 1. The number of hydrogen-bond acceptors (Lipinski definition) is 5. The van der Waals surface area contributed by atoms with Gasteiger partial charge in [0, 0.05) is 0 Å². The maximum atomic E-state index is 11.0. The summed E-state index contributed by atoms with van der Waals surface area (Å²) in [6, 6.07) is 8.89. The fourth-order valence-electron chi connectivity index (χ4n) is 1.01. The van der Waals surface area contributed by atoms with Crippen molar-refractivity contribution in [3.63, 3.8) is 0 Å². The third-order valence-corrected chi connectivity index (χ3v) is 1.76. The molecule has 0 fully saturated rings. The highest BCUT2D eigenvalue weighted by Gasteiger charge is 2.11. The minimum atomic E-state index is -1.35. The summed E-state index contributed by atoms with van der Waals surface area (Å²) in [6.07, 6.45) is -1.81. The van der Waals surface area contributed by atoms with Crippen molar-refractivity contribution >= 4 is 18.0 Å². The molecule has 0 radical (unpaired) electrons. The molecule has 0 spiro atoms. The highest BCUT2D eigenvalue weighted by molar-refractivity contribution is 5.90. The number of hydroxylamine groups is 1. The van der Waals surface area contributed by atoms with Crippen molar-refractivity contribution in [1.82, 2.24) is 5.48 Å². The molecule has 1 rings (SSSR count). The average molecular weight is 253 g/mol. The molecule has 0 aliphatic carbocycles. The molecule has 7 heteroatoms. The molecule has 7 nitrogen and oxygen atoms in total. The molecular formula is C11H11NO6. The van der Waals surface area contributed by atoms with Gasteiger partial charge < -0.3 is 14.7 Å². The highest BCUT2D eigenvalue weighted by Crippen LogP contribution is 2.00. The predicted molar refractivity (Wildman–Crippen MR) is 58.1 cm³/mol. The number of carbonyl (C=O) groups excluding carboxylic acids is 2. The maximum absolute atomic E-state index is 11.0. The number of rotatable bonds is 4. The van der Waals surface area contributed by atoms with Gasteiger partial charge >= 0.3 is 18.0 Å². The molecule has 0 atom stereocenters. The minimum Gasteiger partial charge on any atom is -0.481 e. The Morgan fingerprint density at radius 3 is 2.44 bits per heavy atom. The first-order chi connectivity index (χ1) is 8.58. The van der Waals surface area contributed by atoms with Gasteiger partial charge in [0.15, 0.2) is 0 Å². The van der Waals surface area contributed by atoms with Crippen LogP contribution in [0.25, 0.3) is 0 Å². The van der Waals surface area contributed by atoms with Crippen LogP contribution in [-0.4, -0.2) is 23.1 Å². The third kappa shape index (κ3) is 5.50. The van der Waals surface area contributed by atoms with Gasteiger partial charge in [-0.3, -0.25) is 4.79 Å². The van der Waals surface area contributed by atoms with Crippen LogP contribution in [0.4, 0.5) is 4.79 Å². The van der Waals surface area contributed by atoms with Crippen LogP contribution in [0.5, 0.6) is 0 Å². The first-order valence-electron chi connectivity index (χ1n) is 4.96. The Bertz CT molecular complexity index is 430. The lowest BCUT2D eigenvalue weighted by Gasteiger charge is -2.06. The smallest absolute Gasteiger partial charge is 0.441 e. The number of carboxylic acid groups (broad SMARTS) is 1. The Morgan fingerprint density at radius 2 is 1.83 bits per heavy atom. The van der Waals surface area contributed by atoms with Gasteiger partial charge in [-0.25, -0.2) is 9.59 Å². The van der Waals surface area contributed by atoms with E-state index in [1.54, 1.807) is 29.7 Å². The Hall–Kier alpha value is -2.57. The van der Waals surface area contributed by atoms with E-state index in [-0.39, 0.29) is 6.61 Å². The second kappa shape index (κ2) is 6.89. The standard InChI is InChI=1S/C11H11NO6/c13-9(14)6-10(15)18-12-11(16)17-7-8-4-2-1-3-5-8/h1-5H,6-7H2,(H,12,16)(H,13,14). The summed E-state index contributed by atoms with van der Waals surface area (Å²) in [6.45, 7) is 0.0170. The molecule has 0 saturated carbocycles. The first-order valence-corrected chi connectivity index (χ1v) is 4.96. The number of aliphatic carboxylic acids is 1. The van der Waals surface area contributed by atoms with E-state index in [2.05, 4.69) is 4.84 Å². The van der Waals surface area contributed by atoms with Crippen LogP contribution in [-0.2, 0) is 25.8 Å². The molecule has 0 aromatic heterocycles. The monoisotopic (exact) mass is 253 g/mol. The summed E-state index contributed by atoms with van der Waals surface area (Å²) in [5.41, 5.74) is 2.45. The normalized spacial score (nSPS) is 9.33. The Kier molecular flexibility index (Phi) is 5.17. The third-order valence-electron chi connectivity index (χ3n) is 1.76. The molecule has 1 aromatic carbocycles. The van der Waals surface area contributed by atoms with Crippen LogP contribution in [0.1, 0.15) is 12.0 Å². The van der Waals surface area contributed by atoms with Gasteiger partial charge in [0.1, 0.15) is 13.0 Å². The first kappa shape index (κ1) is 13.5. The van der Waals surface area contributed by atoms with Gasteiger partial charge in [0.05, 0.1) is 0 Å². The van der Waals surface area contributed by atoms with Gasteiger partial charge in [-0.1, -0.05) is 30.3 Å². The van der Waals surface area contributed by atoms with E-state index in [9.17, 15) is 14.4 Å². The fraction of sp³-hybridized carbons (Fsp3) is 0.182. The van der Waals surface area contributed by atoms with Crippen LogP contribution in [0, 0.1) is 0 Å². The fourth-order valence-corrected chi connectivity index (χ4v) is 1.01. The van der Waals surface area contributed by atoms with E-state index >= 15 is 0 Å². The minimum absolute atomic E-state index is 0.0170. The summed E-state index contributed by atoms with van der Waals surface area (Å²) >= 11 is 0. The van der Waals surface area contributed by atoms with E-state index in [1.165, 1.54) is 0 Å². The summed E-state index contributed by atoms with van der Waals surface area (Å²) in [7, 11) is 0. The number of benzene rings is 1. The molecule has 96 valence electrons. The van der Waals surface area contributed by atoms with E-state index in [1.807, 2.05) is 6.07 Å². The van der Waals surface area contributed by atoms with Crippen molar-refractivity contribution in [1.29, 1.82) is 0 Å². The zero-order valence-electron chi connectivity index (χ0n) is 9.29. The topological polar surface area (TPSA) is 102 Å². The summed E-state index contributed by atoms with van der Waals surface area (Å²) in [4.78, 5) is 36.1. The van der Waals surface area contributed by atoms with Crippen molar-refractivity contribution in [2.75, 3.05) is 0 Å². The van der Waals surface area contributed by atoms with Crippen molar-refractivity contribution in [2.45, 2.75) is 13.0 Å². The van der Waals surface area contributed by atoms with Gasteiger partial charge in [-0.05, 0) is 5.56 Å². The molecule has 1 aromatic rings. The van der Waals surface area contributed by atoms with E-state index in [4.69, 9.17) is 9.84 Å². The molecule has 0 unspecified atom stereocenters. The van der Waals surface area contributed by atoms with Crippen molar-refractivity contribution < 1.29 is 29.1 Å². The van der Waals surface area contributed by atoms with Crippen molar-refractivity contribution in [2.24, 2.45) is 0 Å². The van der Waals surface area contributed by atoms with Crippen LogP contribution >= 0.6 is 0 Å². The zero-order chi connectivity index (χ0) is 13.4. The SMILES string of the molecule is O=C(O)CC(=O)ONC(=O)OCc1ccccc1. The molecule has 0 aliphatic heterocycles. The lowest BCUT2D eigenvalue weighted by Crippen LogP contribution is -2.28. The molecule has 18 heavy (non-hydrogen) atoms. The Balaban J connectivity index is 2.22. The molecule has 0 heterocycles. The molecule has 1 amide bonds.